The van der Waals surface area contributed by atoms with Gasteiger partial charge in [0.15, 0.2) is 11.3 Å². The van der Waals surface area contributed by atoms with Gasteiger partial charge in [-0.3, -0.25) is 9.59 Å². The van der Waals surface area contributed by atoms with Crippen LogP contribution in [0.3, 0.4) is 0 Å². The number of carbonyl (C=O) groups excluding carboxylic acids is 2. The number of amides is 1. The van der Waals surface area contributed by atoms with Crippen LogP contribution in [0.1, 0.15) is 34.7 Å². The molecular weight excluding hydrogens is 324 g/mol. The summed E-state index contributed by atoms with van der Waals surface area (Å²) in [6, 6.07) is 1.48. The van der Waals surface area contributed by atoms with Crippen LogP contribution in [-0.4, -0.2) is 40.1 Å². The van der Waals surface area contributed by atoms with Crippen LogP contribution in [0.15, 0.2) is 12.1 Å². The highest BCUT2D eigenvalue weighted by Crippen LogP contribution is 2.25. The van der Waals surface area contributed by atoms with Crippen LogP contribution in [0, 0.1) is 0 Å². The number of fused-ring (bicyclic) bond motifs is 1. The van der Waals surface area contributed by atoms with Gasteiger partial charge in [0.05, 0.1) is 7.11 Å². The molecule has 0 fully saturated rings. The van der Waals surface area contributed by atoms with E-state index in [2.05, 4.69) is 20.1 Å². The van der Waals surface area contributed by atoms with Crippen molar-refractivity contribution in [1.29, 1.82) is 0 Å². The first-order valence-corrected chi connectivity index (χ1v) is 6.15. The molecule has 2 rings (SSSR count). The third-order valence-electron chi connectivity index (χ3n) is 2.78. The fourth-order valence-electron chi connectivity index (χ4n) is 1.71. The molecule has 0 saturated heterocycles. The van der Waals surface area contributed by atoms with Crippen molar-refractivity contribution in [3.05, 3.63) is 29.2 Å². The quantitative estimate of drug-likeness (QED) is 0.662. The van der Waals surface area contributed by atoms with Crippen LogP contribution in [0.5, 0.6) is 0 Å². The van der Waals surface area contributed by atoms with Crippen LogP contribution in [0.2, 0.25) is 0 Å². The number of alkyl halides is 4. The molecule has 2 aromatic rings. The van der Waals surface area contributed by atoms with Crippen LogP contribution in [-0.2, 0) is 9.53 Å². The summed E-state index contributed by atoms with van der Waals surface area (Å²) in [4.78, 5) is 26.2. The fraction of sp³-hybridized carbons (Fsp3) is 0.333. The first-order valence-electron chi connectivity index (χ1n) is 6.15. The number of esters is 1. The minimum absolute atomic E-state index is 0.332. The maximum absolute atomic E-state index is 13.0. The zero-order chi connectivity index (χ0) is 17.1. The lowest BCUT2D eigenvalue weighted by Crippen LogP contribution is -2.30. The van der Waals surface area contributed by atoms with Gasteiger partial charge in [0, 0.05) is 6.07 Å². The van der Waals surface area contributed by atoms with E-state index >= 15 is 0 Å². The number of hydrogen-bond donors (Lipinski definition) is 1. The molecule has 0 radical (unpaired) electrons. The smallest absolute Gasteiger partial charge is 0.325 e. The van der Waals surface area contributed by atoms with Crippen molar-refractivity contribution in [1.82, 2.24) is 19.9 Å². The van der Waals surface area contributed by atoms with Gasteiger partial charge in [-0.1, -0.05) is 0 Å². The minimum atomic E-state index is -3.09. The summed E-state index contributed by atoms with van der Waals surface area (Å²) in [5.74, 6) is -1.59. The molecule has 11 heteroatoms. The second-order valence-corrected chi connectivity index (χ2v) is 4.27. The predicted molar refractivity (Wildman–Crippen MR) is 67.3 cm³/mol. The normalized spacial score (nSPS) is 11.3. The zero-order valence-corrected chi connectivity index (χ0v) is 11.6. The number of rotatable bonds is 5. The summed E-state index contributed by atoms with van der Waals surface area (Å²) in [6.45, 7) is -0.458. The maximum atomic E-state index is 13.0. The first-order chi connectivity index (χ1) is 10.8. The predicted octanol–water partition coefficient (Wildman–Crippen LogP) is 1.51. The van der Waals surface area contributed by atoms with Gasteiger partial charge in [-0.05, 0) is 6.07 Å². The largest absolute Gasteiger partial charge is 0.468 e. The lowest BCUT2D eigenvalue weighted by molar-refractivity contribution is -0.139. The lowest BCUT2D eigenvalue weighted by Gasteiger charge is -2.06. The van der Waals surface area contributed by atoms with E-state index in [1.807, 2.05) is 0 Å². The van der Waals surface area contributed by atoms with E-state index in [-0.39, 0.29) is 11.3 Å². The van der Waals surface area contributed by atoms with Gasteiger partial charge in [-0.2, -0.15) is 5.10 Å². The van der Waals surface area contributed by atoms with Crippen molar-refractivity contribution in [3.63, 3.8) is 0 Å². The van der Waals surface area contributed by atoms with Gasteiger partial charge in [-0.15, -0.1) is 0 Å². The van der Waals surface area contributed by atoms with Crippen LogP contribution < -0.4 is 5.32 Å². The maximum Gasteiger partial charge on any atom is 0.325 e. The Morgan fingerprint density at radius 3 is 2.52 bits per heavy atom. The molecule has 1 N–H and O–H groups in total. The standard InChI is InChI=1S/C12H10F4N4O3/c1-23-9(21)4-17-12(22)6-3-8-18-5(10(13)14)2-7(11(15)16)20(8)19-6/h2-3,10-11H,4H2,1H3,(H,17,22). The number of ether oxygens (including phenoxy) is 1. The highest BCUT2D eigenvalue weighted by Gasteiger charge is 2.22. The number of carbonyl (C=O) groups is 2. The summed E-state index contributed by atoms with van der Waals surface area (Å²) in [6.07, 6.45) is -6.15. The van der Waals surface area contributed by atoms with E-state index < -0.39 is 42.7 Å². The average molecular weight is 334 g/mol. The number of hydrogen-bond acceptors (Lipinski definition) is 5. The molecule has 1 amide bonds. The van der Waals surface area contributed by atoms with Gasteiger partial charge in [0.25, 0.3) is 18.8 Å². The summed E-state index contributed by atoms with van der Waals surface area (Å²) in [7, 11) is 1.12. The second kappa shape index (κ2) is 6.58. The zero-order valence-electron chi connectivity index (χ0n) is 11.6. The molecule has 0 aliphatic heterocycles. The van der Waals surface area contributed by atoms with E-state index in [1.54, 1.807) is 0 Å². The number of methoxy groups -OCH3 is 1. The van der Waals surface area contributed by atoms with Crippen LogP contribution >= 0.6 is 0 Å². The Morgan fingerprint density at radius 1 is 1.26 bits per heavy atom. The van der Waals surface area contributed by atoms with Gasteiger partial charge in [-0.25, -0.2) is 27.1 Å². The van der Waals surface area contributed by atoms with Crippen LogP contribution in [0.25, 0.3) is 5.65 Å². The van der Waals surface area contributed by atoms with E-state index in [0.29, 0.717) is 10.6 Å². The van der Waals surface area contributed by atoms with E-state index in [4.69, 9.17) is 0 Å². The first kappa shape index (κ1) is 16.6. The molecule has 0 saturated carbocycles. The minimum Gasteiger partial charge on any atom is -0.468 e. The molecule has 2 heterocycles. The Kier molecular flexibility index (Phi) is 4.77. The summed E-state index contributed by atoms with van der Waals surface area (Å²) in [5.41, 5.74) is -2.36. The van der Waals surface area contributed by atoms with Crippen molar-refractivity contribution in [3.8, 4) is 0 Å². The van der Waals surface area contributed by atoms with E-state index in [0.717, 1.165) is 13.2 Å². The van der Waals surface area contributed by atoms with Gasteiger partial charge >= 0.3 is 5.97 Å². The Balaban J connectivity index is 2.39. The number of nitrogens with zero attached hydrogens (tertiary/aromatic N) is 3. The molecule has 124 valence electrons. The molecule has 2 aromatic heterocycles. The van der Waals surface area contributed by atoms with Gasteiger partial charge < -0.3 is 10.1 Å². The Hall–Kier alpha value is -2.72. The molecule has 23 heavy (non-hydrogen) atoms. The molecule has 0 aliphatic carbocycles. The summed E-state index contributed by atoms with van der Waals surface area (Å²) >= 11 is 0. The summed E-state index contributed by atoms with van der Waals surface area (Å²) < 4.78 is 56.2. The molecule has 0 unspecified atom stereocenters. The molecule has 0 atom stereocenters. The molecule has 0 aromatic carbocycles. The van der Waals surface area contributed by atoms with Gasteiger partial charge in [0.1, 0.15) is 17.9 Å². The number of nitrogens with one attached hydrogen (secondary N) is 1. The van der Waals surface area contributed by atoms with Crippen molar-refractivity contribution < 1.29 is 31.9 Å². The second-order valence-electron chi connectivity index (χ2n) is 4.27. The molecule has 0 spiro atoms. The lowest BCUT2D eigenvalue weighted by atomic mass is 10.3. The molecule has 7 nitrogen and oxygen atoms in total. The average Bonchev–Trinajstić information content (AvgIpc) is 2.94. The Labute approximate surface area is 126 Å². The third-order valence-corrected chi connectivity index (χ3v) is 2.78. The monoisotopic (exact) mass is 334 g/mol. The van der Waals surface area contributed by atoms with E-state index in [9.17, 15) is 27.2 Å². The van der Waals surface area contributed by atoms with Crippen molar-refractivity contribution >= 4 is 17.5 Å². The van der Waals surface area contributed by atoms with Crippen molar-refractivity contribution in [2.75, 3.05) is 13.7 Å². The Morgan fingerprint density at radius 2 is 1.96 bits per heavy atom. The van der Waals surface area contributed by atoms with Crippen molar-refractivity contribution in [2.24, 2.45) is 0 Å². The number of halogens is 4. The SMILES string of the molecule is COC(=O)CNC(=O)c1cc2nc(C(F)F)cc(C(F)F)n2n1. The number of aromatic nitrogens is 3. The highest BCUT2D eigenvalue weighted by molar-refractivity contribution is 5.95. The molecular formula is C12H10F4N4O3. The third kappa shape index (κ3) is 3.55. The van der Waals surface area contributed by atoms with E-state index in [1.165, 1.54) is 0 Å². The summed E-state index contributed by atoms with van der Waals surface area (Å²) in [5, 5.41) is 5.75. The topological polar surface area (TPSA) is 85.6 Å². The molecule has 0 bridgehead atoms. The Bertz CT molecular complexity index is 747. The van der Waals surface area contributed by atoms with Crippen molar-refractivity contribution in [2.45, 2.75) is 12.9 Å². The highest BCUT2D eigenvalue weighted by atomic mass is 19.3. The molecule has 0 aliphatic rings. The van der Waals surface area contributed by atoms with Gasteiger partial charge in [0.2, 0.25) is 0 Å². The van der Waals surface area contributed by atoms with Crippen LogP contribution in [0.4, 0.5) is 17.6 Å². The fourth-order valence-corrected chi connectivity index (χ4v) is 1.71.